The zero-order chi connectivity index (χ0) is 20.0. The van der Waals surface area contributed by atoms with Crippen molar-refractivity contribution in [2.45, 2.75) is 6.54 Å². The zero-order valence-electron chi connectivity index (χ0n) is 15.2. The number of carbonyl (C=O) groups excluding carboxylic acids is 1. The Hall–Kier alpha value is -2.70. The van der Waals surface area contributed by atoms with Crippen molar-refractivity contribution in [1.29, 1.82) is 0 Å². The Morgan fingerprint density at radius 2 is 1.45 bits per heavy atom. The van der Waals surface area contributed by atoms with Gasteiger partial charge in [-0.2, -0.15) is 0 Å². The first-order valence-corrected chi connectivity index (χ1v) is 10.7. The number of rotatable bonds is 4. The van der Waals surface area contributed by atoms with Crippen molar-refractivity contribution in [3.8, 4) is 11.3 Å². The molecule has 0 bridgehead atoms. The molecule has 142 valence electrons. The summed E-state index contributed by atoms with van der Waals surface area (Å²) in [6.07, 6.45) is 2.03. The van der Waals surface area contributed by atoms with Gasteiger partial charge in [-0.25, -0.2) is 4.98 Å². The number of hydrogen-bond donors (Lipinski definition) is 0. The maximum atomic E-state index is 12.9. The van der Waals surface area contributed by atoms with Gasteiger partial charge >= 0.3 is 0 Å². The first kappa shape index (κ1) is 18.3. The third kappa shape index (κ3) is 3.32. The van der Waals surface area contributed by atoms with Gasteiger partial charge in [-0.05, 0) is 36.4 Å². The van der Waals surface area contributed by atoms with Gasteiger partial charge in [0.1, 0.15) is 0 Å². The van der Waals surface area contributed by atoms with Crippen LogP contribution in [0, 0.1) is 0 Å². The maximum absolute atomic E-state index is 12.9. The van der Waals surface area contributed by atoms with Crippen molar-refractivity contribution in [3.63, 3.8) is 0 Å². The van der Waals surface area contributed by atoms with Gasteiger partial charge in [-0.15, -0.1) is 0 Å². The summed E-state index contributed by atoms with van der Waals surface area (Å²) >= 11 is 6.89. The molecule has 5 aromatic rings. The van der Waals surface area contributed by atoms with Gasteiger partial charge < -0.3 is 4.57 Å². The molecule has 2 aromatic heterocycles. The fourth-order valence-corrected chi connectivity index (χ4v) is 4.06. The molecule has 0 saturated carbocycles. The monoisotopic (exact) mass is 507 g/mol. The van der Waals surface area contributed by atoms with Crippen LogP contribution in [0.2, 0.25) is 0 Å². The Morgan fingerprint density at radius 3 is 2.14 bits per heavy atom. The van der Waals surface area contributed by atoms with Gasteiger partial charge in [0.2, 0.25) is 5.78 Å². The van der Waals surface area contributed by atoms with Crippen LogP contribution < -0.4 is 0 Å². The second-order valence-corrected chi connectivity index (χ2v) is 8.64. The van der Waals surface area contributed by atoms with Gasteiger partial charge in [0, 0.05) is 26.3 Å². The fourth-order valence-electron chi connectivity index (χ4n) is 3.53. The Kier molecular flexibility index (Phi) is 4.60. The van der Waals surface area contributed by atoms with Crippen LogP contribution >= 0.6 is 31.9 Å². The highest BCUT2D eigenvalue weighted by Gasteiger charge is 2.17. The number of nitrogens with zero attached hydrogens (tertiary/aromatic N) is 3. The summed E-state index contributed by atoms with van der Waals surface area (Å²) in [7, 11) is 0. The van der Waals surface area contributed by atoms with Gasteiger partial charge in [0.25, 0.3) is 0 Å². The summed E-state index contributed by atoms with van der Waals surface area (Å²) in [5, 5.41) is 0. The second kappa shape index (κ2) is 7.28. The van der Waals surface area contributed by atoms with Gasteiger partial charge in [-0.3, -0.25) is 9.20 Å². The molecule has 0 N–H and O–H groups in total. The second-order valence-electron chi connectivity index (χ2n) is 6.81. The minimum Gasteiger partial charge on any atom is -0.302 e. The van der Waals surface area contributed by atoms with Crippen LogP contribution in [0.3, 0.4) is 0 Å². The molecule has 0 aliphatic heterocycles. The predicted molar refractivity (Wildman–Crippen MR) is 122 cm³/mol. The number of carbonyl (C=O) groups is 1. The quantitative estimate of drug-likeness (QED) is 0.265. The third-order valence-corrected chi connectivity index (χ3v) is 6.03. The van der Waals surface area contributed by atoms with E-state index >= 15 is 0 Å². The highest BCUT2D eigenvalue weighted by atomic mass is 79.9. The number of halogens is 2. The molecule has 3 aromatic carbocycles. The van der Waals surface area contributed by atoms with Crippen LogP contribution in [-0.4, -0.2) is 19.7 Å². The van der Waals surface area contributed by atoms with Crippen LogP contribution in [0.4, 0.5) is 0 Å². The predicted octanol–water partition coefficient (Wildman–Crippen LogP) is 6.36. The number of ketones is 1. The normalized spacial score (nSPS) is 11.4. The maximum Gasteiger partial charge on any atom is 0.215 e. The molecule has 0 saturated heterocycles. The van der Waals surface area contributed by atoms with E-state index < -0.39 is 0 Å². The number of benzene rings is 3. The number of aromatic nitrogens is 3. The number of Topliss-reactive ketones (excluding diaryl/α,β-unsaturated/α-hetero) is 1. The number of fused-ring (bicyclic) bond motifs is 3. The van der Waals surface area contributed by atoms with Crippen LogP contribution in [0.5, 0.6) is 0 Å². The third-order valence-electron chi connectivity index (χ3n) is 4.97. The van der Waals surface area contributed by atoms with Gasteiger partial charge in [-0.1, -0.05) is 68.3 Å². The van der Waals surface area contributed by atoms with Crippen molar-refractivity contribution in [2.24, 2.45) is 0 Å². The lowest BCUT2D eigenvalue weighted by atomic mass is 10.1. The van der Waals surface area contributed by atoms with Crippen LogP contribution in [-0.2, 0) is 6.54 Å². The lowest BCUT2D eigenvalue weighted by molar-refractivity contribution is 0.0974. The van der Waals surface area contributed by atoms with Gasteiger partial charge in [0.05, 0.1) is 23.3 Å². The lowest BCUT2D eigenvalue weighted by Gasteiger charge is -2.05. The molecule has 2 heterocycles. The summed E-state index contributed by atoms with van der Waals surface area (Å²) in [6.45, 7) is 0.232. The molecule has 0 atom stereocenters. The van der Waals surface area contributed by atoms with E-state index in [4.69, 9.17) is 4.98 Å². The van der Waals surface area contributed by atoms with Crippen molar-refractivity contribution in [2.75, 3.05) is 0 Å². The Labute approximate surface area is 184 Å². The Bertz CT molecular complexity index is 1350. The smallest absolute Gasteiger partial charge is 0.215 e. The SMILES string of the molecule is O=C(Cn1c2ccccc2n2cc(-c3ccc(Br)cc3)nc12)c1ccc(Br)cc1. The molecule has 0 fully saturated rings. The standard InChI is InChI=1S/C23H15Br2N3O/c24-17-9-5-15(6-10-17)19-13-27-20-3-1-2-4-21(20)28(23(27)26-19)14-22(29)16-7-11-18(25)12-8-16/h1-13H,14H2. The van der Waals surface area contributed by atoms with Crippen molar-refractivity contribution in [1.82, 2.24) is 14.0 Å². The van der Waals surface area contributed by atoms with Gasteiger partial charge in [0.15, 0.2) is 5.78 Å². The van der Waals surface area contributed by atoms with E-state index in [1.54, 1.807) is 0 Å². The first-order chi connectivity index (χ1) is 14.1. The Morgan fingerprint density at radius 1 is 0.828 bits per heavy atom. The average Bonchev–Trinajstić information content (AvgIpc) is 3.28. The van der Waals surface area contributed by atoms with Crippen LogP contribution in [0.15, 0.2) is 87.9 Å². The molecule has 0 amide bonds. The molecule has 0 spiro atoms. The molecule has 0 unspecified atom stereocenters. The molecule has 0 aliphatic rings. The summed E-state index contributed by atoms with van der Waals surface area (Å²) in [4.78, 5) is 17.8. The molecule has 0 aliphatic carbocycles. The highest BCUT2D eigenvalue weighted by molar-refractivity contribution is 9.10. The van der Waals surface area contributed by atoms with E-state index in [0.29, 0.717) is 5.56 Å². The molecule has 6 heteroatoms. The molecule has 4 nitrogen and oxygen atoms in total. The number of imidazole rings is 2. The van der Waals surface area contributed by atoms with E-state index in [-0.39, 0.29) is 12.3 Å². The Balaban J connectivity index is 1.63. The molecule has 29 heavy (non-hydrogen) atoms. The summed E-state index contributed by atoms with van der Waals surface area (Å²) in [6, 6.07) is 23.6. The fraction of sp³-hybridized carbons (Fsp3) is 0.0435. The van der Waals surface area contributed by atoms with E-state index in [1.165, 1.54) is 0 Å². The molecular formula is C23H15Br2N3O. The van der Waals surface area contributed by atoms with E-state index in [9.17, 15) is 4.79 Å². The van der Waals surface area contributed by atoms with E-state index in [1.807, 2.05) is 77.5 Å². The number of para-hydroxylation sites is 2. The average molecular weight is 509 g/mol. The van der Waals surface area contributed by atoms with E-state index in [2.05, 4.69) is 42.3 Å². The van der Waals surface area contributed by atoms with Crippen molar-refractivity contribution < 1.29 is 4.79 Å². The number of hydrogen-bond acceptors (Lipinski definition) is 2. The van der Waals surface area contributed by atoms with Crippen molar-refractivity contribution in [3.05, 3.63) is 93.5 Å². The summed E-state index contributed by atoms with van der Waals surface area (Å²) in [5.41, 5.74) is 4.61. The van der Waals surface area contributed by atoms with Crippen LogP contribution in [0.25, 0.3) is 28.1 Å². The summed E-state index contributed by atoms with van der Waals surface area (Å²) in [5.74, 6) is 0.809. The van der Waals surface area contributed by atoms with Crippen LogP contribution in [0.1, 0.15) is 10.4 Å². The zero-order valence-corrected chi connectivity index (χ0v) is 18.4. The van der Waals surface area contributed by atoms with Crippen molar-refractivity contribution >= 4 is 54.5 Å². The first-order valence-electron chi connectivity index (χ1n) is 9.11. The minimum absolute atomic E-state index is 0.0499. The van der Waals surface area contributed by atoms with E-state index in [0.717, 1.165) is 37.0 Å². The minimum atomic E-state index is 0.0499. The topological polar surface area (TPSA) is 39.3 Å². The molecular weight excluding hydrogens is 494 g/mol. The highest BCUT2D eigenvalue weighted by Crippen LogP contribution is 2.27. The molecule has 5 rings (SSSR count). The largest absolute Gasteiger partial charge is 0.302 e. The summed E-state index contributed by atoms with van der Waals surface area (Å²) < 4.78 is 6.03. The molecule has 0 radical (unpaired) electrons. The lowest BCUT2D eigenvalue weighted by Crippen LogP contribution is -2.10.